The number of H-pyrrole nitrogens is 1. The van der Waals surface area contributed by atoms with Crippen LogP contribution in [0.2, 0.25) is 0 Å². The van der Waals surface area contributed by atoms with Gasteiger partial charge in [-0.2, -0.15) is 0 Å². The first kappa shape index (κ1) is 13.7. The van der Waals surface area contributed by atoms with Crippen molar-refractivity contribution in [2.75, 3.05) is 5.73 Å². The van der Waals surface area contributed by atoms with Crippen LogP contribution in [0.4, 0.5) is 10.1 Å². The van der Waals surface area contributed by atoms with E-state index >= 15 is 0 Å². The summed E-state index contributed by atoms with van der Waals surface area (Å²) in [6, 6.07) is 3.03. The number of halogens is 1. The molecule has 102 valence electrons. The first-order valence-corrected chi connectivity index (χ1v) is 7.46. The molecule has 4 N–H and O–H groups in total. The fourth-order valence-corrected chi connectivity index (χ4v) is 3.11. The third-order valence-corrected chi connectivity index (χ3v) is 4.48. The minimum atomic E-state index is -3.86. The van der Waals surface area contributed by atoms with Gasteiger partial charge in [0.1, 0.15) is 10.7 Å². The number of aromatic amines is 1. The molecule has 1 aromatic heterocycles. The van der Waals surface area contributed by atoms with E-state index in [-0.39, 0.29) is 22.0 Å². The molecule has 0 fully saturated rings. The highest BCUT2D eigenvalue weighted by Crippen LogP contribution is 2.19. The first-order chi connectivity index (χ1) is 8.88. The van der Waals surface area contributed by atoms with Crippen molar-refractivity contribution < 1.29 is 12.8 Å². The largest absolute Gasteiger partial charge is 0.398 e. The summed E-state index contributed by atoms with van der Waals surface area (Å²) in [7, 11) is -3.86. The Morgan fingerprint density at radius 1 is 1.42 bits per heavy atom. The fraction of sp³-hybridized carbons (Fsp3) is 0.100. The molecule has 0 amide bonds. The Balaban J connectivity index is 2.20. The van der Waals surface area contributed by atoms with Gasteiger partial charge in [-0.05, 0) is 18.2 Å². The lowest BCUT2D eigenvalue weighted by Crippen LogP contribution is -2.24. The van der Waals surface area contributed by atoms with Gasteiger partial charge < -0.3 is 10.7 Å². The molecular formula is C10H10FN3O3S2. The number of nitrogen functional groups attached to an aromatic ring is 1. The molecular weight excluding hydrogens is 293 g/mol. The number of nitrogens with two attached hydrogens (primary N) is 1. The zero-order valence-electron chi connectivity index (χ0n) is 9.51. The zero-order valence-corrected chi connectivity index (χ0v) is 11.1. The Labute approximate surface area is 112 Å². The van der Waals surface area contributed by atoms with E-state index in [2.05, 4.69) is 9.71 Å². The summed E-state index contributed by atoms with van der Waals surface area (Å²) in [5.41, 5.74) is 5.73. The second-order valence-corrected chi connectivity index (χ2v) is 6.26. The van der Waals surface area contributed by atoms with Gasteiger partial charge in [-0.1, -0.05) is 11.3 Å². The third kappa shape index (κ3) is 3.19. The average Bonchev–Trinajstić information content (AvgIpc) is 2.72. The lowest BCUT2D eigenvalue weighted by molar-refractivity contribution is 0.580. The summed E-state index contributed by atoms with van der Waals surface area (Å²) in [6.45, 7) is -0.0715. The van der Waals surface area contributed by atoms with Crippen LogP contribution in [0.25, 0.3) is 0 Å². The number of aromatic nitrogens is 1. The monoisotopic (exact) mass is 303 g/mol. The molecule has 0 bridgehead atoms. The van der Waals surface area contributed by atoms with Crippen LogP contribution in [0.3, 0.4) is 0 Å². The predicted molar refractivity (Wildman–Crippen MR) is 69.8 cm³/mol. The summed E-state index contributed by atoms with van der Waals surface area (Å²) in [4.78, 5) is 12.9. The van der Waals surface area contributed by atoms with Crippen molar-refractivity contribution >= 4 is 27.0 Å². The molecule has 0 saturated carbocycles. The normalized spacial score (nSPS) is 11.6. The van der Waals surface area contributed by atoms with E-state index in [0.29, 0.717) is 5.69 Å². The van der Waals surface area contributed by atoms with Crippen LogP contribution in [0.1, 0.15) is 5.69 Å². The number of anilines is 1. The van der Waals surface area contributed by atoms with Crippen molar-refractivity contribution in [2.45, 2.75) is 11.4 Å². The van der Waals surface area contributed by atoms with Crippen LogP contribution < -0.4 is 15.3 Å². The molecule has 2 rings (SSSR count). The molecule has 19 heavy (non-hydrogen) atoms. The first-order valence-electron chi connectivity index (χ1n) is 5.10. The van der Waals surface area contributed by atoms with Crippen molar-refractivity contribution in [1.29, 1.82) is 0 Å². The highest BCUT2D eigenvalue weighted by atomic mass is 32.2. The SMILES string of the molecule is Nc1cc(F)ccc1S(=O)(=O)NCc1csc(=O)[nH]1. The van der Waals surface area contributed by atoms with E-state index in [4.69, 9.17) is 5.73 Å². The van der Waals surface area contributed by atoms with E-state index < -0.39 is 15.8 Å². The van der Waals surface area contributed by atoms with E-state index in [0.717, 1.165) is 29.5 Å². The summed E-state index contributed by atoms with van der Waals surface area (Å²) >= 11 is 0.936. The van der Waals surface area contributed by atoms with Crippen LogP contribution in [-0.4, -0.2) is 13.4 Å². The fourth-order valence-electron chi connectivity index (χ4n) is 1.42. The smallest absolute Gasteiger partial charge is 0.304 e. The maximum atomic E-state index is 12.9. The van der Waals surface area contributed by atoms with Crippen LogP contribution in [-0.2, 0) is 16.6 Å². The van der Waals surface area contributed by atoms with E-state index in [1.165, 1.54) is 5.38 Å². The van der Waals surface area contributed by atoms with Gasteiger partial charge in [0.2, 0.25) is 10.0 Å². The number of hydrogen-bond donors (Lipinski definition) is 3. The van der Waals surface area contributed by atoms with E-state index in [1.54, 1.807) is 0 Å². The Morgan fingerprint density at radius 3 is 2.74 bits per heavy atom. The molecule has 0 aliphatic rings. The van der Waals surface area contributed by atoms with Gasteiger partial charge in [0.05, 0.1) is 12.2 Å². The van der Waals surface area contributed by atoms with Crippen LogP contribution in [0.5, 0.6) is 0 Å². The second kappa shape index (κ2) is 5.11. The summed E-state index contributed by atoms with van der Waals surface area (Å²) in [5, 5.41) is 1.51. The Morgan fingerprint density at radius 2 is 2.16 bits per heavy atom. The third-order valence-electron chi connectivity index (χ3n) is 2.28. The maximum Gasteiger partial charge on any atom is 0.304 e. The minimum absolute atomic E-state index is 0.0715. The molecule has 9 heteroatoms. The molecule has 1 aromatic carbocycles. The van der Waals surface area contributed by atoms with Crippen LogP contribution in [0.15, 0.2) is 33.3 Å². The molecule has 1 heterocycles. The lowest BCUT2D eigenvalue weighted by Gasteiger charge is -2.08. The Bertz CT molecular complexity index is 751. The highest BCUT2D eigenvalue weighted by molar-refractivity contribution is 7.89. The number of benzene rings is 1. The van der Waals surface area contributed by atoms with Crippen LogP contribution in [0, 0.1) is 5.82 Å². The van der Waals surface area contributed by atoms with Crippen molar-refractivity contribution in [3.8, 4) is 0 Å². The molecule has 0 aliphatic carbocycles. The minimum Gasteiger partial charge on any atom is -0.398 e. The molecule has 0 spiro atoms. The highest BCUT2D eigenvalue weighted by Gasteiger charge is 2.17. The molecule has 2 aromatic rings. The lowest BCUT2D eigenvalue weighted by atomic mass is 10.3. The predicted octanol–water partition coefficient (Wildman–Crippen LogP) is 0.636. The average molecular weight is 303 g/mol. The number of rotatable bonds is 4. The Hall–Kier alpha value is -1.71. The van der Waals surface area contributed by atoms with Gasteiger partial charge in [-0.15, -0.1) is 0 Å². The zero-order chi connectivity index (χ0) is 14.0. The molecule has 0 saturated heterocycles. The summed E-state index contributed by atoms with van der Waals surface area (Å²) in [6.07, 6.45) is 0. The van der Waals surface area contributed by atoms with Gasteiger partial charge in [-0.25, -0.2) is 17.5 Å². The number of sulfonamides is 1. The van der Waals surface area contributed by atoms with Crippen molar-refractivity contribution in [3.05, 3.63) is 44.8 Å². The summed E-state index contributed by atoms with van der Waals surface area (Å²) in [5.74, 6) is -0.612. The standard InChI is InChI=1S/C10H10FN3O3S2/c11-6-1-2-9(8(12)3-6)19(16,17)13-4-7-5-18-10(15)14-7/h1-3,5,13H,4,12H2,(H,14,15). The van der Waals surface area contributed by atoms with Gasteiger partial charge in [-0.3, -0.25) is 4.79 Å². The maximum absolute atomic E-state index is 12.9. The van der Waals surface area contributed by atoms with Crippen LogP contribution >= 0.6 is 11.3 Å². The summed E-state index contributed by atoms with van der Waals surface area (Å²) < 4.78 is 39.0. The molecule has 0 atom stereocenters. The van der Waals surface area contributed by atoms with Gasteiger partial charge in [0, 0.05) is 11.1 Å². The van der Waals surface area contributed by atoms with Crippen molar-refractivity contribution in [1.82, 2.24) is 9.71 Å². The molecule has 0 unspecified atom stereocenters. The van der Waals surface area contributed by atoms with Gasteiger partial charge in [0.15, 0.2) is 0 Å². The topological polar surface area (TPSA) is 105 Å². The van der Waals surface area contributed by atoms with Crippen molar-refractivity contribution in [2.24, 2.45) is 0 Å². The number of nitrogens with one attached hydrogen (secondary N) is 2. The second-order valence-electron chi connectivity index (χ2n) is 3.68. The molecule has 6 nitrogen and oxygen atoms in total. The Kier molecular flexibility index (Phi) is 3.69. The van der Waals surface area contributed by atoms with Crippen molar-refractivity contribution in [3.63, 3.8) is 0 Å². The quantitative estimate of drug-likeness (QED) is 0.721. The van der Waals surface area contributed by atoms with Gasteiger partial charge >= 0.3 is 4.87 Å². The van der Waals surface area contributed by atoms with E-state index in [1.807, 2.05) is 0 Å². The van der Waals surface area contributed by atoms with E-state index in [9.17, 15) is 17.6 Å². The van der Waals surface area contributed by atoms with Gasteiger partial charge in [0.25, 0.3) is 0 Å². The number of thiazole rings is 1. The number of hydrogen-bond acceptors (Lipinski definition) is 5. The molecule has 0 radical (unpaired) electrons. The molecule has 0 aliphatic heterocycles.